The molecule has 0 amide bonds. The molecule has 0 spiro atoms. The fourth-order valence-corrected chi connectivity index (χ4v) is 2.26. The van der Waals surface area contributed by atoms with E-state index < -0.39 is 0 Å². The summed E-state index contributed by atoms with van der Waals surface area (Å²) in [7, 11) is 0. The van der Waals surface area contributed by atoms with Crippen LogP contribution in [0.25, 0.3) is 0 Å². The molecule has 4 heteroatoms. The van der Waals surface area contributed by atoms with Gasteiger partial charge in [0.05, 0.1) is 11.7 Å². The van der Waals surface area contributed by atoms with Crippen LogP contribution in [0.15, 0.2) is 36.8 Å². The van der Waals surface area contributed by atoms with E-state index in [2.05, 4.69) is 46.1 Å². The van der Waals surface area contributed by atoms with Crippen LogP contribution >= 0.6 is 0 Å². The van der Waals surface area contributed by atoms with Crippen LogP contribution in [0, 0.1) is 0 Å². The molecule has 0 aliphatic rings. The Morgan fingerprint density at radius 2 is 2.16 bits per heavy atom. The Morgan fingerprint density at radius 3 is 2.84 bits per heavy atom. The summed E-state index contributed by atoms with van der Waals surface area (Å²) in [6.07, 6.45) is 7.70. The fourth-order valence-electron chi connectivity index (χ4n) is 2.26. The van der Waals surface area contributed by atoms with Gasteiger partial charge in [0.1, 0.15) is 0 Å². The zero-order valence-electron chi connectivity index (χ0n) is 11.7. The van der Waals surface area contributed by atoms with Gasteiger partial charge in [-0.25, -0.2) is 0 Å². The highest BCUT2D eigenvalue weighted by Gasteiger charge is 2.15. The van der Waals surface area contributed by atoms with Crippen LogP contribution in [0.1, 0.15) is 37.6 Å². The minimum absolute atomic E-state index is 0.298. The van der Waals surface area contributed by atoms with E-state index in [0.29, 0.717) is 6.04 Å². The summed E-state index contributed by atoms with van der Waals surface area (Å²) in [5, 5.41) is 7.97. The van der Waals surface area contributed by atoms with Crippen molar-refractivity contribution in [2.75, 3.05) is 6.54 Å². The van der Waals surface area contributed by atoms with Crippen LogP contribution in [0.4, 0.5) is 0 Å². The van der Waals surface area contributed by atoms with Gasteiger partial charge < -0.3 is 5.32 Å². The highest BCUT2D eigenvalue weighted by atomic mass is 15.3. The Balaban J connectivity index is 2.16. The smallest absolute Gasteiger partial charge is 0.0556 e. The van der Waals surface area contributed by atoms with Crippen LogP contribution in [0.2, 0.25) is 0 Å². The lowest BCUT2D eigenvalue weighted by molar-refractivity contribution is 0.478. The number of nitrogens with zero attached hydrogens (tertiary/aromatic N) is 3. The minimum Gasteiger partial charge on any atom is -0.308 e. The second kappa shape index (κ2) is 7.04. The van der Waals surface area contributed by atoms with Crippen molar-refractivity contribution in [3.8, 4) is 0 Å². The number of hydrogen-bond donors (Lipinski definition) is 1. The zero-order valence-corrected chi connectivity index (χ0v) is 11.7. The van der Waals surface area contributed by atoms with Crippen molar-refractivity contribution in [3.05, 3.63) is 48.0 Å². The third kappa shape index (κ3) is 3.64. The van der Waals surface area contributed by atoms with Crippen LogP contribution in [0.3, 0.4) is 0 Å². The number of pyridine rings is 1. The van der Waals surface area contributed by atoms with Crippen molar-refractivity contribution >= 4 is 0 Å². The van der Waals surface area contributed by atoms with Gasteiger partial charge in [0, 0.05) is 25.1 Å². The number of aromatic nitrogens is 3. The summed E-state index contributed by atoms with van der Waals surface area (Å²) in [4.78, 5) is 4.19. The van der Waals surface area contributed by atoms with Crippen molar-refractivity contribution in [1.82, 2.24) is 20.1 Å². The van der Waals surface area contributed by atoms with E-state index in [1.54, 1.807) is 0 Å². The molecule has 0 radical (unpaired) electrons. The third-order valence-electron chi connectivity index (χ3n) is 3.21. The molecule has 1 unspecified atom stereocenters. The van der Waals surface area contributed by atoms with Crippen LogP contribution in [0.5, 0.6) is 0 Å². The summed E-state index contributed by atoms with van der Waals surface area (Å²) >= 11 is 0. The molecule has 0 aromatic carbocycles. The summed E-state index contributed by atoms with van der Waals surface area (Å²) in [6, 6.07) is 6.52. The molecule has 2 heterocycles. The van der Waals surface area contributed by atoms with Crippen molar-refractivity contribution in [3.63, 3.8) is 0 Å². The standard InChI is InChI=1S/C15H22N4/c1-3-8-17-14(11-13-6-5-9-16-12-13)15-7-10-18-19(15)4-2/h5-7,9-10,12,14,17H,3-4,8,11H2,1-2H3. The maximum absolute atomic E-state index is 4.37. The maximum Gasteiger partial charge on any atom is 0.0556 e. The lowest BCUT2D eigenvalue weighted by Gasteiger charge is -2.19. The van der Waals surface area contributed by atoms with E-state index in [4.69, 9.17) is 0 Å². The summed E-state index contributed by atoms with van der Waals surface area (Å²) in [5.41, 5.74) is 2.50. The molecule has 4 nitrogen and oxygen atoms in total. The van der Waals surface area contributed by atoms with Gasteiger partial charge >= 0.3 is 0 Å². The van der Waals surface area contributed by atoms with E-state index >= 15 is 0 Å². The SMILES string of the molecule is CCCNC(Cc1cccnc1)c1ccnn1CC. The van der Waals surface area contributed by atoms with Gasteiger partial charge in [0.15, 0.2) is 0 Å². The molecule has 2 aromatic rings. The summed E-state index contributed by atoms with van der Waals surface area (Å²) in [6.45, 7) is 6.22. The second-order valence-electron chi connectivity index (χ2n) is 4.64. The second-order valence-corrected chi connectivity index (χ2v) is 4.64. The first kappa shape index (κ1) is 13.7. The minimum atomic E-state index is 0.298. The summed E-state index contributed by atoms with van der Waals surface area (Å²) in [5.74, 6) is 0. The first-order valence-electron chi connectivity index (χ1n) is 6.99. The topological polar surface area (TPSA) is 42.7 Å². The molecule has 102 valence electrons. The van der Waals surface area contributed by atoms with E-state index in [-0.39, 0.29) is 0 Å². The van der Waals surface area contributed by atoms with E-state index in [1.165, 1.54) is 11.3 Å². The molecule has 0 aliphatic heterocycles. The average Bonchev–Trinajstić information content (AvgIpc) is 2.93. The third-order valence-corrected chi connectivity index (χ3v) is 3.21. The zero-order chi connectivity index (χ0) is 13.5. The molecule has 1 atom stereocenters. The molecule has 19 heavy (non-hydrogen) atoms. The highest BCUT2D eigenvalue weighted by molar-refractivity contribution is 5.16. The van der Waals surface area contributed by atoms with Crippen LogP contribution in [-0.2, 0) is 13.0 Å². The number of aryl methyl sites for hydroxylation is 1. The molecule has 0 saturated carbocycles. The lowest BCUT2D eigenvalue weighted by atomic mass is 10.0. The number of rotatable bonds is 7. The van der Waals surface area contributed by atoms with E-state index in [1.807, 2.05) is 24.7 Å². The molecule has 0 fully saturated rings. The van der Waals surface area contributed by atoms with Gasteiger partial charge in [-0.05, 0) is 44.0 Å². The van der Waals surface area contributed by atoms with Gasteiger partial charge in [0.25, 0.3) is 0 Å². The van der Waals surface area contributed by atoms with Crippen LogP contribution < -0.4 is 5.32 Å². The van der Waals surface area contributed by atoms with Gasteiger partial charge in [-0.1, -0.05) is 13.0 Å². The molecular formula is C15H22N4. The largest absolute Gasteiger partial charge is 0.308 e. The highest BCUT2D eigenvalue weighted by Crippen LogP contribution is 2.18. The fraction of sp³-hybridized carbons (Fsp3) is 0.467. The molecular weight excluding hydrogens is 236 g/mol. The van der Waals surface area contributed by atoms with E-state index in [0.717, 1.165) is 25.9 Å². The Bertz CT molecular complexity index is 478. The maximum atomic E-state index is 4.37. The Labute approximate surface area is 114 Å². The van der Waals surface area contributed by atoms with Crippen molar-refractivity contribution in [1.29, 1.82) is 0 Å². The van der Waals surface area contributed by atoms with Crippen LogP contribution in [-0.4, -0.2) is 21.3 Å². The van der Waals surface area contributed by atoms with Gasteiger partial charge in [0.2, 0.25) is 0 Å². The Hall–Kier alpha value is -1.68. The monoisotopic (exact) mass is 258 g/mol. The number of nitrogens with one attached hydrogen (secondary N) is 1. The summed E-state index contributed by atoms with van der Waals surface area (Å²) < 4.78 is 2.06. The quantitative estimate of drug-likeness (QED) is 0.830. The van der Waals surface area contributed by atoms with Crippen molar-refractivity contribution in [2.45, 2.75) is 39.3 Å². The Morgan fingerprint density at radius 1 is 1.26 bits per heavy atom. The van der Waals surface area contributed by atoms with Crippen molar-refractivity contribution in [2.24, 2.45) is 0 Å². The predicted octanol–water partition coefficient (Wildman–Crippen LogP) is 2.58. The van der Waals surface area contributed by atoms with Gasteiger partial charge in [-0.15, -0.1) is 0 Å². The molecule has 2 rings (SSSR count). The predicted molar refractivity (Wildman–Crippen MR) is 76.9 cm³/mol. The lowest BCUT2D eigenvalue weighted by Crippen LogP contribution is -2.26. The normalized spacial score (nSPS) is 12.5. The average molecular weight is 258 g/mol. The number of hydrogen-bond acceptors (Lipinski definition) is 3. The molecule has 0 saturated heterocycles. The first-order valence-corrected chi connectivity index (χ1v) is 6.99. The van der Waals surface area contributed by atoms with Crippen molar-refractivity contribution < 1.29 is 0 Å². The molecule has 0 bridgehead atoms. The molecule has 1 N–H and O–H groups in total. The first-order chi connectivity index (χ1) is 9.35. The Kier molecular flexibility index (Phi) is 5.10. The van der Waals surface area contributed by atoms with Gasteiger partial charge in [-0.2, -0.15) is 5.10 Å². The van der Waals surface area contributed by atoms with E-state index in [9.17, 15) is 0 Å². The van der Waals surface area contributed by atoms with Gasteiger partial charge in [-0.3, -0.25) is 9.67 Å². The molecule has 0 aliphatic carbocycles. The molecule has 2 aromatic heterocycles.